The molecule has 0 unspecified atom stereocenters. The minimum atomic E-state index is -0.531. The number of hydrogen-bond acceptors (Lipinski definition) is 4. The fraction of sp³-hybridized carbons (Fsp3) is 0.429. The van der Waals surface area contributed by atoms with Crippen LogP contribution in [0.5, 0.6) is 0 Å². The van der Waals surface area contributed by atoms with Crippen molar-refractivity contribution in [2.45, 2.75) is 19.8 Å². The number of nitrogens with one attached hydrogen (secondary N) is 1. The van der Waals surface area contributed by atoms with Crippen molar-refractivity contribution in [1.29, 1.82) is 0 Å². The first-order valence-corrected chi connectivity index (χ1v) is 6.35. The first kappa shape index (κ1) is 13.4. The van der Waals surface area contributed by atoms with E-state index in [1.54, 1.807) is 12.1 Å². The summed E-state index contributed by atoms with van der Waals surface area (Å²) in [6, 6.07) is 4.98. The number of benzene rings is 1. The van der Waals surface area contributed by atoms with Gasteiger partial charge in [0.15, 0.2) is 6.61 Å². The molecule has 0 bridgehead atoms. The molecule has 1 aliphatic rings. The molecule has 1 aliphatic carbocycles. The zero-order valence-electron chi connectivity index (χ0n) is 10.9. The van der Waals surface area contributed by atoms with Crippen molar-refractivity contribution in [1.82, 2.24) is 5.32 Å². The van der Waals surface area contributed by atoms with Crippen molar-refractivity contribution < 1.29 is 14.3 Å². The number of carbonyl (C=O) groups is 2. The van der Waals surface area contributed by atoms with Crippen LogP contribution in [0.15, 0.2) is 18.2 Å². The van der Waals surface area contributed by atoms with Crippen LogP contribution >= 0.6 is 0 Å². The van der Waals surface area contributed by atoms with Gasteiger partial charge in [0.1, 0.15) is 0 Å². The highest BCUT2D eigenvalue weighted by Crippen LogP contribution is 2.27. The Hall–Kier alpha value is -2.04. The molecular weight excluding hydrogens is 244 g/mol. The van der Waals surface area contributed by atoms with Crippen LogP contribution in [-0.2, 0) is 9.53 Å². The summed E-state index contributed by atoms with van der Waals surface area (Å²) in [4.78, 5) is 23.2. The number of nitrogens with two attached hydrogens (primary N) is 1. The maximum Gasteiger partial charge on any atom is 0.338 e. The maximum absolute atomic E-state index is 11.7. The zero-order valence-corrected chi connectivity index (χ0v) is 10.9. The van der Waals surface area contributed by atoms with Gasteiger partial charge in [-0.15, -0.1) is 0 Å². The van der Waals surface area contributed by atoms with Crippen LogP contribution in [0.1, 0.15) is 28.8 Å². The van der Waals surface area contributed by atoms with Crippen LogP contribution < -0.4 is 11.1 Å². The van der Waals surface area contributed by atoms with E-state index in [0.717, 1.165) is 5.56 Å². The van der Waals surface area contributed by atoms with E-state index >= 15 is 0 Å². The number of anilines is 1. The molecule has 1 fully saturated rings. The van der Waals surface area contributed by atoms with Gasteiger partial charge in [0.05, 0.1) is 5.56 Å². The predicted molar refractivity (Wildman–Crippen MR) is 71.6 cm³/mol. The summed E-state index contributed by atoms with van der Waals surface area (Å²) < 4.78 is 4.95. The number of carbonyl (C=O) groups excluding carboxylic acids is 2. The molecule has 102 valence electrons. The van der Waals surface area contributed by atoms with Gasteiger partial charge in [0.25, 0.3) is 5.91 Å². The predicted octanol–water partition coefficient (Wildman–Crippen LogP) is 1.26. The molecular formula is C14H18N2O3. The molecule has 1 saturated carbocycles. The lowest BCUT2D eigenvalue weighted by Gasteiger charge is -2.07. The van der Waals surface area contributed by atoms with Gasteiger partial charge in [-0.3, -0.25) is 4.79 Å². The number of amides is 1. The lowest BCUT2D eigenvalue weighted by Crippen LogP contribution is -2.30. The normalized spacial score (nSPS) is 13.9. The van der Waals surface area contributed by atoms with Crippen molar-refractivity contribution in [3.63, 3.8) is 0 Å². The van der Waals surface area contributed by atoms with Crippen molar-refractivity contribution in [3.05, 3.63) is 29.3 Å². The molecule has 0 radical (unpaired) electrons. The summed E-state index contributed by atoms with van der Waals surface area (Å²) in [5, 5.41) is 2.73. The minimum absolute atomic E-state index is 0.251. The summed E-state index contributed by atoms with van der Waals surface area (Å²) in [5.41, 5.74) is 7.41. The molecule has 1 amide bonds. The molecule has 19 heavy (non-hydrogen) atoms. The molecule has 0 saturated heterocycles. The Morgan fingerprint density at radius 3 is 2.74 bits per heavy atom. The van der Waals surface area contributed by atoms with Gasteiger partial charge < -0.3 is 15.8 Å². The number of nitrogen functional groups attached to an aromatic ring is 1. The van der Waals surface area contributed by atoms with Crippen molar-refractivity contribution >= 4 is 17.6 Å². The summed E-state index contributed by atoms with van der Waals surface area (Å²) >= 11 is 0. The Morgan fingerprint density at radius 1 is 1.37 bits per heavy atom. The van der Waals surface area contributed by atoms with Crippen molar-refractivity contribution in [3.8, 4) is 0 Å². The van der Waals surface area contributed by atoms with E-state index in [0.29, 0.717) is 23.7 Å². The SMILES string of the molecule is Cc1cc(N)cc(C(=O)OCC(=O)NCC2CC2)c1. The van der Waals surface area contributed by atoms with Gasteiger partial charge in [-0.25, -0.2) is 4.79 Å². The Balaban J connectivity index is 1.80. The van der Waals surface area contributed by atoms with Crippen LogP contribution in [0.2, 0.25) is 0 Å². The first-order chi connectivity index (χ1) is 9.04. The average Bonchev–Trinajstić information content (AvgIpc) is 3.16. The maximum atomic E-state index is 11.7. The topological polar surface area (TPSA) is 81.4 Å². The Morgan fingerprint density at radius 2 is 2.11 bits per heavy atom. The quantitative estimate of drug-likeness (QED) is 0.618. The smallest absolute Gasteiger partial charge is 0.338 e. The third-order valence-corrected chi connectivity index (χ3v) is 2.95. The second kappa shape index (κ2) is 5.73. The number of ether oxygens (including phenoxy) is 1. The number of hydrogen-bond donors (Lipinski definition) is 2. The largest absolute Gasteiger partial charge is 0.452 e. The molecule has 5 heteroatoms. The van der Waals surface area contributed by atoms with Gasteiger partial charge in [-0.1, -0.05) is 0 Å². The Kier molecular flexibility index (Phi) is 4.04. The minimum Gasteiger partial charge on any atom is -0.452 e. The zero-order chi connectivity index (χ0) is 13.8. The van der Waals surface area contributed by atoms with E-state index in [2.05, 4.69) is 5.32 Å². The first-order valence-electron chi connectivity index (χ1n) is 6.35. The average molecular weight is 262 g/mol. The third kappa shape index (κ3) is 4.28. The molecule has 5 nitrogen and oxygen atoms in total. The lowest BCUT2D eigenvalue weighted by atomic mass is 10.1. The highest BCUT2D eigenvalue weighted by molar-refractivity contribution is 5.92. The molecule has 0 aromatic heterocycles. The third-order valence-electron chi connectivity index (χ3n) is 2.95. The van der Waals surface area contributed by atoms with Gasteiger partial charge in [-0.2, -0.15) is 0 Å². The molecule has 0 spiro atoms. The molecule has 0 heterocycles. The van der Waals surface area contributed by atoms with E-state index in [4.69, 9.17) is 10.5 Å². The number of rotatable bonds is 5. The fourth-order valence-corrected chi connectivity index (χ4v) is 1.78. The van der Waals surface area contributed by atoms with Crippen LogP contribution in [0, 0.1) is 12.8 Å². The summed E-state index contributed by atoms with van der Waals surface area (Å²) in [6.07, 6.45) is 2.34. The van der Waals surface area contributed by atoms with Crippen molar-refractivity contribution in [2.24, 2.45) is 5.92 Å². The van der Waals surface area contributed by atoms with Crippen LogP contribution in [0.25, 0.3) is 0 Å². The lowest BCUT2D eigenvalue weighted by molar-refractivity contribution is -0.124. The van der Waals surface area contributed by atoms with E-state index in [9.17, 15) is 9.59 Å². The molecule has 1 aromatic rings. The highest BCUT2D eigenvalue weighted by Gasteiger charge is 2.21. The fourth-order valence-electron chi connectivity index (χ4n) is 1.78. The highest BCUT2D eigenvalue weighted by atomic mass is 16.5. The Labute approximate surface area is 112 Å². The second-order valence-corrected chi connectivity index (χ2v) is 4.96. The van der Waals surface area contributed by atoms with Crippen LogP contribution in [-0.4, -0.2) is 25.0 Å². The Bertz CT molecular complexity index is 475. The van der Waals surface area contributed by atoms with Gasteiger partial charge in [0, 0.05) is 12.2 Å². The van der Waals surface area contributed by atoms with E-state index in [-0.39, 0.29) is 12.5 Å². The summed E-state index contributed by atoms with van der Waals surface area (Å²) in [5.74, 6) is -0.186. The summed E-state index contributed by atoms with van der Waals surface area (Å²) in [7, 11) is 0. The van der Waals surface area contributed by atoms with Gasteiger partial charge >= 0.3 is 5.97 Å². The van der Waals surface area contributed by atoms with E-state index < -0.39 is 5.97 Å². The molecule has 0 atom stereocenters. The van der Waals surface area contributed by atoms with Gasteiger partial charge in [0.2, 0.25) is 0 Å². The van der Waals surface area contributed by atoms with E-state index in [1.807, 2.05) is 6.92 Å². The molecule has 1 aromatic carbocycles. The van der Waals surface area contributed by atoms with Crippen LogP contribution in [0.3, 0.4) is 0 Å². The van der Waals surface area contributed by atoms with E-state index in [1.165, 1.54) is 18.9 Å². The molecule has 3 N–H and O–H groups in total. The second-order valence-electron chi connectivity index (χ2n) is 4.96. The van der Waals surface area contributed by atoms with Crippen LogP contribution in [0.4, 0.5) is 5.69 Å². The number of aryl methyl sites for hydroxylation is 1. The number of esters is 1. The monoisotopic (exact) mass is 262 g/mol. The molecule has 2 rings (SSSR count). The van der Waals surface area contributed by atoms with Gasteiger partial charge in [-0.05, 0) is 49.4 Å². The van der Waals surface area contributed by atoms with Crippen molar-refractivity contribution in [2.75, 3.05) is 18.9 Å². The summed E-state index contributed by atoms with van der Waals surface area (Å²) in [6.45, 7) is 2.27. The molecule has 0 aliphatic heterocycles. The standard InChI is InChI=1S/C14H18N2O3/c1-9-4-11(6-12(15)5-9)14(18)19-8-13(17)16-7-10-2-3-10/h4-6,10H,2-3,7-8,15H2,1H3,(H,16,17).